The van der Waals surface area contributed by atoms with E-state index in [-0.39, 0.29) is 35.8 Å². The first kappa shape index (κ1) is 28.6. The number of rotatable bonds is 11. The summed E-state index contributed by atoms with van der Waals surface area (Å²) in [6.45, 7) is 17.5. The average Bonchev–Trinajstić information content (AvgIpc) is 2.72. The highest BCUT2D eigenvalue weighted by Gasteiger charge is 2.39. The van der Waals surface area contributed by atoms with Crippen LogP contribution in [0.1, 0.15) is 87.0 Å². The molecule has 3 atom stereocenters. The van der Waals surface area contributed by atoms with Gasteiger partial charge in [0.05, 0.1) is 6.04 Å². The minimum Gasteiger partial charge on any atom is -0.354 e. The molecular weight excluding hydrogens is 428 g/mol. The van der Waals surface area contributed by atoms with Gasteiger partial charge in [-0.15, -0.1) is 0 Å². The van der Waals surface area contributed by atoms with E-state index in [0.717, 1.165) is 32.2 Å². The molecule has 0 saturated carbocycles. The van der Waals surface area contributed by atoms with Crippen LogP contribution in [-0.2, 0) is 14.4 Å². The zero-order valence-electron chi connectivity index (χ0n) is 22.7. The first-order valence-corrected chi connectivity index (χ1v) is 13.6. The second-order valence-electron chi connectivity index (χ2n) is 11.9. The predicted molar refractivity (Wildman–Crippen MR) is 137 cm³/mol. The maximum Gasteiger partial charge on any atom is 0.245 e. The van der Waals surface area contributed by atoms with E-state index in [1.54, 1.807) is 0 Å². The monoisotopic (exact) mass is 478 g/mol. The van der Waals surface area contributed by atoms with Crippen molar-refractivity contribution in [2.45, 2.75) is 105 Å². The molecule has 0 aromatic heterocycles. The van der Waals surface area contributed by atoms with Crippen molar-refractivity contribution in [2.75, 3.05) is 26.2 Å². The normalized spacial score (nSPS) is 21.9. The van der Waals surface area contributed by atoms with Gasteiger partial charge in [0.15, 0.2) is 0 Å². The molecule has 2 aliphatic heterocycles. The van der Waals surface area contributed by atoms with Crippen molar-refractivity contribution in [2.24, 2.45) is 23.7 Å². The van der Waals surface area contributed by atoms with E-state index < -0.39 is 0 Å². The molecule has 2 heterocycles. The van der Waals surface area contributed by atoms with Crippen LogP contribution >= 0.6 is 0 Å². The number of carbonyl (C=O) groups is 3. The Morgan fingerprint density at radius 2 is 1.56 bits per heavy atom. The van der Waals surface area contributed by atoms with E-state index in [9.17, 15) is 14.4 Å². The number of piperazine rings is 1. The Balaban J connectivity index is 1.94. The van der Waals surface area contributed by atoms with Gasteiger partial charge in [-0.25, -0.2) is 0 Å². The summed E-state index contributed by atoms with van der Waals surface area (Å²) in [7, 11) is 0. The molecule has 7 heteroatoms. The van der Waals surface area contributed by atoms with E-state index in [0.29, 0.717) is 56.1 Å². The molecule has 3 amide bonds. The number of piperidine rings is 1. The molecule has 0 radical (unpaired) electrons. The van der Waals surface area contributed by atoms with Crippen LogP contribution in [0.4, 0.5) is 0 Å². The predicted octanol–water partition coefficient (Wildman–Crippen LogP) is 3.43. The summed E-state index contributed by atoms with van der Waals surface area (Å²) in [6, 6.07) is -0.387. The molecule has 2 N–H and O–H groups in total. The first-order valence-electron chi connectivity index (χ1n) is 13.6. The van der Waals surface area contributed by atoms with Gasteiger partial charge in [-0.05, 0) is 62.7 Å². The van der Waals surface area contributed by atoms with E-state index in [4.69, 9.17) is 0 Å². The van der Waals surface area contributed by atoms with E-state index >= 15 is 0 Å². The molecule has 0 aliphatic carbocycles. The Hall–Kier alpha value is -1.63. The molecule has 2 rings (SSSR count). The Labute approximate surface area is 207 Å². The summed E-state index contributed by atoms with van der Waals surface area (Å²) in [4.78, 5) is 43.1. The minimum absolute atomic E-state index is 0.0704. The van der Waals surface area contributed by atoms with Gasteiger partial charge in [0, 0.05) is 38.6 Å². The lowest BCUT2D eigenvalue weighted by molar-refractivity contribution is -0.150. The summed E-state index contributed by atoms with van der Waals surface area (Å²) in [5, 5.41) is 6.48. The molecule has 196 valence electrons. The zero-order chi connectivity index (χ0) is 25.4. The number of hydrogen-bond acceptors (Lipinski definition) is 4. The van der Waals surface area contributed by atoms with Crippen molar-refractivity contribution in [3.8, 4) is 0 Å². The molecule has 0 bridgehead atoms. The smallest absolute Gasteiger partial charge is 0.245 e. The highest BCUT2D eigenvalue weighted by molar-refractivity contribution is 5.90. The molecule has 0 aromatic rings. The van der Waals surface area contributed by atoms with Crippen molar-refractivity contribution < 1.29 is 14.4 Å². The zero-order valence-corrected chi connectivity index (χ0v) is 22.7. The molecule has 1 unspecified atom stereocenters. The lowest BCUT2D eigenvalue weighted by Gasteiger charge is -2.42. The molecule has 2 saturated heterocycles. The van der Waals surface area contributed by atoms with Crippen molar-refractivity contribution in [3.05, 3.63) is 0 Å². The molecule has 0 spiro atoms. The molecule has 0 aromatic carbocycles. The van der Waals surface area contributed by atoms with Gasteiger partial charge in [-0.1, -0.05) is 41.5 Å². The number of amides is 3. The van der Waals surface area contributed by atoms with Crippen LogP contribution in [0.3, 0.4) is 0 Å². The van der Waals surface area contributed by atoms with Crippen LogP contribution in [-0.4, -0.2) is 71.8 Å². The lowest BCUT2D eigenvalue weighted by atomic mass is 9.91. The fourth-order valence-electron chi connectivity index (χ4n) is 5.46. The first-order chi connectivity index (χ1) is 16.0. The van der Waals surface area contributed by atoms with E-state index in [1.807, 2.05) is 9.80 Å². The summed E-state index contributed by atoms with van der Waals surface area (Å²) >= 11 is 0. The van der Waals surface area contributed by atoms with Crippen LogP contribution in [0.15, 0.2) is 0 Å². The highest BCUT2D eigenvalue weighted by atomic mass is 16.2. The number of likely N-dealkylation sites (tertiary alicyclic amines) is 1. The minimum atomic E-state index is -0.388. The van der Waals surface area contributed by atoms with Gasteiger partial charge in [0.25, 0.3) is 0 Å². The summed E-state index contributed by atoms with van der Waals surface area (Å²) in [5.74, 6) is 1.90. The third-order valence-electron chi connectivity index (χ3n) is 7.02. The molecule has 7 nitrogen and oxygen atoms in total. The van der Waals surface area contributed by atoms with Crippen molar-refractivity contribution in [3.63, 3.8) is 0 Å². The fraction of sp³-hybridized carbons (Fsp3) is 0.889. The van der Waals surface area contributed by atoms with Gasteiger partial charge < -0.3 is 20.4 Å². The van der Waals surface area contributed by atoms with Crippen LogP contribution < -0.4 is 10.6 Å². The SMILES string of the molecule is CC(C)CC(C)NC(=O)CC1CCN(C(=O)[C@H](CC(C)C)N2CCN[C@@H](CC(C)C)C2=O)CC1. The van der Waals surface area contributed by atoms with Crippen LogP contribution in [0.5, 0.6) is 0 Å². The standard InChI is InChI=1S/C27H50N4O3/c1-18(2)14-21(7)29-25(32)17-22-8-11-30(12-9-22)27(34)24(16-20(5)6)31-13-10-28-23(26(31)33)15-19(3)4/h18-24,28H,8-17H2,1-7H3,(H,29,32)/t21?,23-,24-/m0/s1. The van der Waals surface area contributed by atoms with Crippen molar-refractivity contribution in [1.29, 1.82) is 0 Å². The third-order valence-corrected chi connectivity index (χ3v) is 7.02. The summed E-state index contributed by atoms with van der Waals surface area (Å²) in [6.07, 6.45) is 4.69. The Bertz CT molecular complexity index is 671. The van der Waals surface area contributed by atoms with Crippen LogP contribution in [0.2, 0.25) is 0 Å². The Kier molecular flexibility index (Phi) is 11.3. The number of nitrogens with zero attached hydrogens (tertiary/aromatic N) is 2. The third kappa shape index (κ3) is 8.86. The summed E-state index contributed by atoms with van der Waals surface area (Å²) < 4.78 is 0. The molecule has 2 fully saturated rings. The maximum atomic E-state index is 13.6. The van der Waals surface area contributed by atoms with E-state index in [1.165, 1.54) is 0 Å². The second-order valence-corrected chi connectivity index (χ2v) is 11.9. The topological polar surface area (TPSA) is 81.8 Å². The summed E-state index contributed by atoms with van der Waals surface area (Å²) in [5.41, 5.74) is 0. The molecule has 34 heavy (non-hydrogen) atoms. The number of hydrogen-bond donors (Lipinski definition) is 2. The Morgan fingerprint density at radius 3 is 2.12 bits per heavy atom. The highest BCUT2D eigenvalue weighted by Crippen LogP contribution is 2.25. The second kappa shape index (κ2) is 13.5. The number of carbonyl (C=O) groups excluding carboxylic acids is 3. The van der Waals surface area contributed by atoms with Gasteiger partial charge in [-0.2, -0.15) is 0 Å². The van der Waals surface area contributed by atoms with Gasteiger partial charge in [-0.3, -0.25) is 14.4 Å². The van der Waals surface area contributed by atoms with Crippen molar-refractivity contribution in [1.82, 2.24) is 20.4 Å². The van der Waals surface area contributed by atoms with E-state index in [2.05, 4.69) is 59.1 Å². The van der Waals surface area contributed by atoms with Gasteiger partial charge in [0.1, 0.15) is 6.04 Å². The number of nitrogens with one attached hydrogen (secondary N) is 2. The fourth-order valence-corrected chi connectivity index (χ4v) is 5.46. The lowest BCUT2D eigenvalue weighted by Crippen LogP contribution is -2.62. The van der Waals surface area contributed by atoms with Crippen molar-refractivity contribution >= 4 is 17.7 Å². The maximum absolute atomic E-state index is 13.6. The van der Waals surface area contributed by atoms with Crippen LogP contribution in [0.25, 0.3) is 0 Å². The quantitative estimate of drug-likeness (QED) is 0.477. The largest absolute Gasteiger partial charge is 0.354 e. The Morgan fingerprint density at radius 1 is 0.941 bits per heavy atom. The van der Waals surface area contributed by atoms with Crippen LogP contribution in [0, 0.1) is 23.7 Å². The van der Waals surface area contributed by atoms with Gasteiger partial charge >= 0.3 is 0 Å². The molecule has 2 aliphatic rings. The molecular formula is C27H50N4O3. The average molecular weight is 479 g/mol. The van der Waals surface area contributed by atoms with Gasteiger partial charge in [0.2, 0.25) is 17.7 Å².